The predicted octanol–water partition coefficient (Wildman–Crippen LogP) is 3.96. The van der Waals surface area contributed by atoms with Gasteiger partial charge in [-0.15, -0.1) is 0 Å². The van der Waals surface area contributed by atoms with Crippen LogP contribution in [-0.2, 0) is 0 Å². The fourth-order valence-corrected chi connectivity index (χ4v) is 3.19. The standard InChI is InChI=1S/C22H18N2O4/c1-2-11-28-16-10-9-15(19(25)12-16)13-23-24-21(26)17-7-3-5-14-6-4-8-18(20(14)17)22(24)27/h3-10,12-13,25H,2,11H2,1H3/b23-13+. The molecular weight excluding hydrogens is 356 g/mol. The van der Waals surface area contributed by atoms with Gasteiger partial charge >= 0.3 is 0 Å². The van der Waals surface area contributed by atoms with Gasteiger partial charge in [-0.1, -0.05) is 31.2 Å². The Kier molecular flexibility index (Phi) is 4.53. The molecule has 0 saturated heterocycles. The van der Waals surface area contributed by atoms with Gasteiger partial charge in [-0.05, 0) is 36.1 Å². The Labute approximate surface area is 161 Å². The molecule has 1 aliphatic heterocycles. The number of rotatable bonds is 5. The van der Waals surface area contributed by atoms with Gasteiger partial charge in [0.25, 0.3) is 11.8 Å². The van der Waals surface area contributed by atoms with Gasteiger partial charge < -0.3 is 9.84 Å². The number of aromatic hydroxyl groups is 1. The van der Waals surface area contributed by atoms with E-state index in [9.17, 15) is 14.7 Å². The summed E-state index contributed by atoms with van der Waals surface area (Å²) in [6.45, 7) is 2.54. The first-order valence-corrected chi connectivity index (χ1v) is 9.00. The quantitative estimate of drug-likeness (QED) is 0.541. The van der Waals surface area contributed by atoms with Crippen molar-refractivity contribution in [1.29, 1.82) is 0 Å². The van der Waals surface area contributed by atoms with Gasteiger partial charge in [-0.2, -0.15) is 10.1 Å². The van der Waals surface area contributed by atoms with Crippen LogP contribution in [0, 0.1) is 0 Å². The van der Waals surface area contributed by atoms with E-state index in [1.807, 2.05) is 19.1 Å². The van der Waals surface area contributed by atoms with Gasteiger partial charge in [0.1, 0.15) is 11.5 Å². The maximum Gasteiger partial charge on any atom is 0.282 e. The van der Waals surface area contributed by atoms with Crippen molar-refractivity contribution in [2.45, 2.75) is 13.3 Å². The average molecular weight is 374 g/mol. The van der Waals surface area contributed by atoms with Crippen molar-refractivity contribution in [3.8, 4) is 11.5 Å². The van der Waals surface area contributed by atoms with Crippen LogP contribution in [-0.4, -0.2) is 34.8 Å². The minimum absolute atomic E-state index is 0.0447. The number of carbonyl (C=O) groups excluding carboxylic acids is 2. The maximum absolute atomic E-state index is 12.8. The van der Waals surface area contributed by atoms with Gasteiger partial charge in [0.2, 0.25) is 0 Å². The van der Waals surface area contributed by atoms with E-state index in [1.165, 1.54) is 12.3 Å². The Morgan fingerprint density at radius 1 is 1.04 bits per heavy atom. The highest BCUT2D eigenvalue weighted by Gasteiger charge is 2.32. The Bertz CT molecular complexity index is 1070. The molecule has 1 heterocycles. The summed E-state index contributed by atoms with van der Waals surface area (Å²) in [6.07, 6.45) is 2.15. The van der Waals surface area contributed by atoms with Crippen LogP contribution in [0.1, 0.15) is 39.6 Å². The summed E-state index contributed by atoms with van der Waals surface area (Å²) in [7, 11) is 0. The number of phenols is 1. The third-order valence-corrected chi connectivity index (χ3v) is 4.54. The highest BCUT2D eigenvalue weighted by molar-refractivity contribution is 6.25. The van der Waals surface area contributed by atoms with Crippen LogP contribution in [0.3, 0.4) is 0 Å². The van der Waals surface area contributed by atoms with Gasteiger partial charge in [-0.3, -0.25) is 9.59 Å². The Hall–Kier alpha value is -3.67. The molecule has 2 amide bonds. The van der Waals surface area contributed by atoms with Crippen LogP contribution >= 0.6 is 0 Å². The highest BCUT2D eigenvalue weighted by Crippen LogP contribution is 2.30. The highest BCUT2D eigenvalue weighted by atomic mass is 16.5. The van der Waals surface area contributed by atoms with Crippen LogP contribution in [0.2, 0.25) is 0 Å². The van der Waals surface area contributed by atoms with Gasteiger partial charge in [-0.25, -0.2) is 0 Å². The maximum atomic E-state index is 12.8. The molecule has 3 aromatic rings. The van der Waals surface area contributed by atoms with Crippen LogP contribution in [0.4, 0.5) is 0 Å². The normalized spacial score (nSPS) is 13.5. The molecule has 28 heavy (non-hydrogen) atoms. The van der Waals surface area contributed by atoms with E-state index >= 15 is 0 Å². The minimum Gasteiger partial charge on any atom is -0.507 e. The number of hydrogen-bond acceptors (Lipinski definition) is 5. The van der Waals surface area contributed by atoms with Crippen LogP contribution in [0.15, 0.2) is 59.7 Å². The van der Waals surface area contributed by atoms with Gasteiger partial charge in [0, 0.05) is 17.0 Å². The number of benzene rings is 3. The van der Waals surface area contributed by atoms with E-state index in [2.05, 4.69) is 5.10 Å². The third-order valence-electron chi connectivity index (χ3n) is 4.54. The second-order valence-electron chi connectivity index (χ2n) is 6.45. The predicted molar refractivity (Wildman–Crippen MR) is 106 cm³/mol. The lowest BCUT2D eigenvalue weighted by molar-refractivity contribution is 0.0616. The molecule has 1 aliphatic rings. The molecule has 0 fully saturated rings. The van der Waals surface area contributed by atoms with Crippen molar-refractivity contribution in [3.05, 3.63) is 71.3 Å². The zero-order valence-corrected chi connectivity index (χ0v) is 15.3. The lowest BCUT2D eigenvalue weighted by Crippen LogP contribution is -2.36. The summed E-state index contributed by atoms with van der Waals surface area (Å²) in [5.74, 6) is -0.486. The summed E-state index contributed by atoms with van der Waals surface area (Å²) < 4.78 is 5.47. The van der Waals surface area contributed by atoms with Crippen molar-refractivity contribution in [2.24, 2.45) is 5.10 Å². The number of carbonyl (C=O) groups is 2. The van der Waals surface area contributed by atoms with E-state index < -0.39 is 11.8 Å². The molecule has 0 aliphatic carbocycles. The first-order valence-electron chi connectivity index (χ1n) is 9.00. The van der Waals surface area contributed by atoms with Gasteiger partial charge in [0.15, 0.2) is 0 Å². The fraction of sp³-hybridized carbons (Fsp3) is 0.136. The van der Waals surface area contributed by atoms with E-state index in [-0.39, 0.29) is 5.75 Å². The monoisotopic (exact) mass is 374 g/mol. The zero-order valence-electron chi connectivity index (χ0n) is 15.3. The molecule has 1 N–H and O–H groups in total. The van der Waals surface area contributed by atoms with E-state index in [4.69, 9.17) is 4.74 Å². The Morgan fingerprint density at radius 2 is 1.71 bits per heavy atom. The van der Waals surface area contributed by atoms with Crippen molar-refractivity contribution < 1.29 is 19.4 Å². The second-order valence-corrected chi connectivity index (χ2v) is 6.45. The van der Waals surface area contributed by atoms with E-state index in [0.717, 1.165) is 16.8 Å². The molecular formula is C22H18N2O4. The summed E-state index contributed by atoms with van der Waals surface area (Å²) >= 11 is 0. The fourth-order valence-electron chi connectivity index (χ4n) is 3.19. The topological polar surface area (TPSA) is 79.2 Å². The molecule has 3 aromatic carbocycles. The minimum atomic E-state index is -0.493. The third kappa shape index (κ3) is 2.99. The number of nitrogens with zero attached hydrogens (tertiary/aromatic N) is 2. The number of ether oxygens (including phenoxy) is 1. The largest absolute Gasteiger partial charge is 0.507 e. The average Bonchev–Trinajstić information content (AvgIpc) is 2.71. The lowest BCUT2D eigenvalue weighted by Gasteiger charge is -2.23. The number of hydrazone groups is 1. The van der Waals surface area contributed by atoms with Crippen molar-refractivity contribution >= 4 is 28.8 Å². The molecule has 0 unspecified atom stereocenters. The first kappa shape index (κ1) is 17.7. The molecule has 6 heteroatoms. The summed E-state index contributed by atoms with van der Waals surface area (Å²) in [5, 5.41) is 16.5. The van der Waals surface area contributed by atoms with Crippen LogP contribution < -0.4 is 4.74 Å². The summed E-state index contributed by atoms with van der Waals surface area (Å²) in [4.78, 5) is 25.6. The second kappa shape index (κ2) is 7.15. The molecule has 0 saturated carbocycles. The molecule has 0 radical (unpaired) electrons. The number of hydrogen-bond donors (Lipinski definition) is 1. The lowest BCUT2D eigenvalue weighted by atomic mass is 9.95. The Morgan fingerprint density at radius 3 is 2.32 bits per heavy atom. The Balaban J connectivity index is 1.66. The van der Waals surface area contributed by atoms with Crippen LogP contribution in [0.25, 0.3) is 10.8 Å². The molecule has 0 spiro atoms. The van der Waals surface area contributed by atoms with E-state index in [1.54, 1.807) is 36.4 Å². The van der Waals surface area contributed by atoms with Crippen molar-refractivity contribution in [3.63, 3.8) is 0 Å². The molecule has 6 nitrogen and oxygen atoms in total. The smallest absolute Gasteiger partial charge is 0.282 e. The molecule has 0 atom stereocenters. The van der Waals surface area contributed by atoms with Crippen LogP contribution in [0.5, 0.6) is 11.5 Å². The van der Waals surface area contributed by atoms with Crippen molar-refractivity contribution in [1.82, 2.24) is 5.01 Å². The molecule has 0 aromatic heterocycles. The SMILES string of the molecule is CCCOc1ccc(/C=N/N2C(=O)c3cccc4cccc(c34)C2=O)c(O)c1. The zero-order chi connectivity index (χ0) is 19.7. The number of imide groups is 1. The molecule has 4 rings (SSSR count). The van der Waals surface area contributed by atoms with Crippen molar-refractivity contribution in [2.75, 3.05) is 6.61 Å². The first-order chi connectivity index (χ1) is 13.6. The molecule has 0 bridgehead atoms. The number of phenolic OH excluding ortho intramolecular Hbond substituents is 1. The van der Waals surface area contributed by atoms with Gasteiger partial charge in [0.05, 0.1) is 23.9 Å². The molecule has 140 valence electrons. The number of amides is 2. The summed E-state index contributed by atoms with van der Waals surface area (Å²) in [5.41, 5.74) is 1.23. The summed E-state index contributed by atoms with van der Waals surface area (Å²) in [6, 6.07) is 15.4. The van der Waals surface area contributed by atoms with E-state index in [0.29, 0.717) is 34.4 Å².